The lowest BCUT2D eigenvalue weighted by molar-refractivity contribution is 0.899. The molecule has 1 aromatic heterocycles. The highest BCUT2D eigenvalue weighted by molar-refractivity contribution is 6.31. The van der Waals surface area contributed by atoms with Crippen LogP contribution in [0.5, 0.6) is 0 Å². The normalized spacial score (nSPS) is 13.1. The molecule has 3 heteroatoms. The first kappa shape index (κ1) is 13.4. The van der Waals surface area contributed by atoms with Gasteiger partial charge in [0.25, 0.3) is 0 Å². The van der Waals surface area contributed by atoms with Crippen LogP contribution in [0, 0.1) is 6.92 Å². The molecule has 2 aromatic carbocycles. The average Bonchev–Trinajstić information content (AvgIpc) is 2.82. The van der Waals surface area contributed by atoms with Crippen LogP contribution in [-0.2, 0) is 6.54 Å². The van der Waals surface area contributed by atoms with Gasteiger partial charge in [0.15, 0.2) is 0 Å². The number of fused-ring (bicyclic) bond motifs is 3. The second kappa shape index (κ2) is 5.15. The van der Waals surface area contributed by atoms with Crippen molar-refractivity contribution in [1.82, 2.24) is 4.57 Å². The minimum Gasteiger partial charge on any atom is -0.316 e. The molecule has 108 valence electrons. The summed E-state index contributed by atoms with van der Waals surface area (Å²) in [6.45, 7) is 2.79. The molecule has 0 unspecified atom stereocenters. The molecule has 2 nitrogen and oxygen atoms in total. The Morgan fingerprint density at radius 2 is 1.82 bits per heavy atom. The van der Waals surface area contributed by atoms with Crippen LogP contribution in [0.2, 0.25) is 5.02 Å². The van der Waals surface area contributed by atoms with Crippen LogP contribution in [0.15, 0.2) is 65.7 Å². The Morgan fingerprint density at radius 3 is 2.64 bits per heavy atom. The Kier molecular flexibility index (Phi) is 3.12. The quantitative estimate of drug-likeness (QED) is 0.615. The Morgan fingerprint density at radius 1 is 1.00 bits per heavy atom. The highest BCUT2D eigenvalue weighted by atomic mass is 35.5. The Balaban J connectivity index is 2.01. The first-order valence-electron chi connectivity index (χ1n) is 7.31. The van der Waals surface area contributed by atoms with Crippen molar-refractivity contribution in [3.05, 3.63) is 88.2 Å². The summed E-state index contributed by atoms with van der Waals surface area (Å²) in [5.41, 5.74) is 6.75. The number of hydrogen-bond acceptors (Lipinski definition) is 1. The molecule has 0 aliphatic carbocycles. The van der Waals surface area contributed by atoms with Gasteiger partial charge in [0.05, 0.1) is 17.9 Å². The predicted molar refractivity (Wildman–Crippen MR) is 91.3 cm³/mol. The van der Waals surface area contributed by atoms with Crippen molar-refractivity contribution in [3.8, 4) is 5.69 Å². The third kappa shape index (κ3) is 2.08. The zero-order valence-corrected chi connectivity index (χ0v) is 13.0. The summed E-state index contributed by atoms with van der Waals surface area (Å²) >= 11 is 6.26. The molecule has 0 N–H and O–H groups in total. The summed E-state index contributed by atoms with van der Waals surface area (Å²) in [5, 5.41) is 0.732. The molecule has 2 heterocycles. The summed E-state index contributed by atoms with van der Waals surface area (Å²) in [4.78, 5) is 4.87. The fraction of sp³-hybridized carbons (Fsp3) is 0.105. The van der Waals surface area contributed by atoms with Gasteiger partial charge < -0.3 is 4.57 Å². The number of aromatic nitrogens is 1. The fourth-order valence-corrected chi connectivity index (χ4v) is 3.21. The van der Waals surface area contributed by atoms with Gasteiger partial charge in [0, 0.05) is 27.5 Å². The van der Waals surface area contributed by atoms with Gasteiger partial charge >= 0.3 is 0 Å². The number of rotatable bonds is 1. The molecular formula is C19H15ClN2. The summed E-state index contributed by atoms with van der Waals surface area (Å²) < 4.78 is 2.27. The zero-order valence-electron chi connectivity index (χ0n) is 12.3. The van der Waals surface area contributed by atoms with Crippen LogP contribution in [0.3, 0.4) is 0 Å². The molecule has 0 radical (unpaired) electrons. The van der Waals surface area contributed by atoms with Crippen molar-refractivity contribution < 1.29 is 0 Å². The van der Waals surface area contributed by atoms with Gasteiger partial charge in [-0.05, 0) is 37.3 Å². The van der Waals surface area contributed by atoms with Crippen molar-refractivity contribution in [2.45, 2.75) is 13.5 Å². The standard InChI is InChI=1S/C19H15ClN2/c1-13-7-9-16-12-21-19(14-5-3-2-4-6-14)17-11-15(20)8-10-18(17)22(13)16/h2-11H,12H2,1H3. The summed E-state index contributed by atoms with van der Waals surface area (Å²) in [7, 11) is 0. The maximum atomic E-state index is 6.26. The van der Waals surface area contributed by atoms with E-state index in [4.69, 9.17) is 16.6 Å². The molecule has 0 bridgehead atoms. The van der Waals surface area contributed by atoms with Gasteiger partial charge in [-0.15, -0.1) is 0 Å². The van der Waals surface area contributed by atoms with Crippen LogP contribution >= 0.6 is 11.6 Å². The molecule has 1 aliphatic heterocycles. The molecule has 3 aromatic rings. The summed E-state index contributed by atoms with van der Waals surface area (Å²) in [5.74, 6) is 0. The van der Waals surface area contributed by atoms with Gasteiger partial charge in [-0.2, -0.15) is 0 Å². The third-order valence-corrected chi connectivity index (χ3v) is 4.29. The van der Waals surface area contributed by atoms with Crippen molar-refractivity contribution in [2.75, 3.05) is 0 Å². The van der Waals surface area contributed by atoms with Crippen LogP contribution in [0.1, 0.15) is 22.5 Å². The number of nitrogens with zero attached hydrogens (tertiary/aromatic N) is 2. The molecule has 0 spiro atoms. The van der Waals surface area contributed by atoms with Gasteiger partial charge in [0.2, 0.25) is 0 Å². The van der Waals surface area contributed by atoms with Crippen LogP contribution < -0.4 is 0 Å². The van der Waals surface area contributed by atoms with E-state index in [1.165, 1.54) is 11.4 Å². The lowest BCUT2D eigenvalue weighted by Gasteiger charge is -2.14. The summed E-state index contributed by atoms with van der Waals surface area (Å²) in [6, 6.07) is 20.6. The first-order chi connectivity index (χ1) is 10.7. The van der Waals surface area contributed by atoms with Gasteiger partial charge in [-0.1, -0.05) is 41.9 Å². The number of halogens is 1. The van der Waals surface area contributed by atoms with E-state index in [0.717, 1.165) is 27.5 Å². The van der Waals surface area contributed by atoms with E-state index in [0.29, 0.717) is 6.54 Å². The van der Waals surface area contributed by atoms with E-state index in [1.54, 1.807) is 0 Å². The highest BCUT2D eigenvalue weighted by Crippen LogP contribution is 2.29. The third-order valence-electron chi connectivity index (χ3n) is 4.06. The average molecular weight is 307 g/mol. The first-order valence-corrected chi connectivity index (χ1v) is 7.69. The fourth-order valence-electron chi connectivity index (χ4n) is 3.04. The monoisotopic (exact) mass is 306 g/mol. The zero-order chi connectivity index (χ0) is 15.1. The van der Waals surface area contributed by atoms with Crippen molar-refractivity contribution >= 4 is 17.3 Å². The molecule has 0 amide bonds. The molecule has 0 saturated carbocycles. The van der Waals surface area contributed by atoms with E-state index in [2.05, 4.69) is 41.8 Å². The van der Waals surface area contributed by atoms with Crippen LogP contribution in [-0.4, -0.2) is 10.3 Å². The number of aryl methyl sites for hydroxylation is 1. The largest absolute Gasteiger partial charge is 0.316 e. The number of benzene rings is 2. The Hall–Kier alpha value is -2.32. The van der Waals surface area contributed by atoms with Crippen molar-refractivity contribution in [2.24, 2.45) is 4.99 Å². The van der Waals surface area contributed by atoms with Crippen molar-refractivity contribution in [3.63, 3.8) is 0 Å². The van der Waals surface area contributed by atoms with Crippen LogP contribution in [0.4, 0.5) is 0 Å². The van der Waals surface area contributed by atoms with Crippen molar-refractivity contribution in [1.29, 1.82) is 0 Å². The van der Waals surface area contributed by atoms with E-state index in [-0.39, 0.29) is 0 Å². The molecule has 0 saturated heterocycles. The Bertz CT molecular complexity index is 876. The maximum absolute atomic E-state index is 6.26. The van der Waals surface area contributed by atoms with E-state index in [1.807, 2.05) is 30.3 Å². The highest BCUT2D eigenvalue weighted by Gasteiger charge is 2.19. The maximum Gasteiger partial charge on any atom is 0.0803 e. The van der Waals surface area contributed by atoms with Crippen LogP contribution in [0.25, 0.3) is 5.69 Å². The SMILES string of the molecule is Cc1ccc2n1-c1ccc(Cl)cc1C(c1ccccc1)=NC2. The molecular weight excluding hydrogens is 292 g/mol. The second-order valence-corrected chi connectivity index (χ2v) is 5.93. The molecule has 4 rings (SSSR count). The number of aliphatic imine (C=N–C) groups is 1. The van der Waals surface area contributed by atoms with E-state index < -0.39 is 0 Å². The van der Waals surface area contributed by atoms with E-state index >= 15 is 0 Å². The minimum absolute atomic E-state index is 0.671. The van der Waals surface area contributed by atoms with Gasteiger partial charge in [-0.3, -0.25) is 4.99 Å². The summed E-state index contributed by atoms with van der Waals surface area (Å²) in [6.07, 6.45) is 0. The topological polar surface area (TPSA) is 17.3 Å². The second-order valence-electron chi connectivity index (χ2n) is 5.49. The predicted octanol–water partition coefficient (Wildman–Crippen LogP) is 4.79. The molecule has 22 heavy (non-hydrogen) atoms. The Labute approximate surface area is 134 Å². The molecule has 0 fully saturated rings. The molecule has 1 aliphatic rings. The molecule has 0 atom stereocenters. The van der Waals surface area contributed by atoms with Gasteiger partial charge in [-0.25, -0.2) is 0 Å². The lowest BCUT2D eigenvalue weighted by Crippen LogP contribution is -2.07. The van der Waals surface area contributed by atoms with Gasteiger partial charge in [0.1, 0.15) is 0 Å². The smallest absolute Gasteiger partial charge is 0.0803 e. The number of hydrogen-bond donors (Lipinski definition) is 0. The van der Waals surface area contributed by atoms with E-state index in [9.17, 15) is 0 Å². The lowest BCUT2D eigenvalue weighted by atomic mass is 10.0. The minimum atomic E-state index is 0.671.